The first-order valence-electron chi connectivity index (χ1n) is 10.1. The molecule has 1 aliphatic rings. The Morgan fingerprint density at radius 3 is 2.61 bits per heavy atom. The molecule has 1 aromatic carbocycles. The number of nitrogen functional groups attached to an aromatic ring is 1. The number of morpholine rings is 1. The summed E-state index contributed by atoms with van der Waals surface area (Å²) in [5.74, 6) is 0.793. The summed E-state index contributed by atoms with van der Waals surface area (Å²) in [5.41, 5.74) is 11.3. The molecule has 3 aromatic rings. The predicted octanol–water partition coefficient (Wildman–Crippen LogP) is 2.29. The van der Waals surface area contributed by atoms with E-state index in [-0.39, 0.29) is 0 Å². The smallest absolute Gasteiger partial charge is 0.232 e. The summed E-state index contributed by atoms with van der Waals surface area (Å²) in [7, 11) is 0. The molecule has 0 bridgehead atoms. The van der Waals surface area contributed by atoms with Crippen LogP contribution in [0.1, 0.15) is 23.2 Å². The van der Waals surface area contributed by atoms with Crippen molar-refractivity contribution in [2.24, 2.45) is 0 Å². The first-order chi connectivity index (χ1) is 13.6. The minimum absolute atomic E-state index is 0.732. The average Bonchev–Trinajstić information content (AvgIpc) is 2.97. The van der Waals surface area contributed by atoms with Gasteiger partial charge in [0, 0.05) is 31.9 Å². The second-order valence-corrected chi connectivity index (χ2v) is 7.61. The number of rotatable bonds is 6. The van der Waals surface area contributed by atoms with Crippen molar-refractivity contribution >= 4 is 16.9 Å². The van der Waals surface area contributed by atoms with E-state index in [4.69, 9.17) is 15.5 Å². The highest BCUT2D eigenvalue weighted by Gasteiger charge is 2.21. The summed E-state index contributed by atoms with van der Waals surface area (Å²) in [4.78, 5) is 7.28. The molecule has 3 heterocycles. The van der Waals surface area contributed by atoms with Crippen LogP contribution in [0.4, 0.5) is 5.82 Å². The largest absolute Gasteiger partial charge is 0.379 e. The van der Waals surface area contributed by atoms with Crippen LogP contribution in [0, 0.1) is 13.8 Å². The van der Waals surface area contributed by atoms with Crippen LogP contribution >= 0.6 is 0 Å². The maximum Gasteiger partial charge on any atom is 0.232 e. The van der Waals surface area contributed by atoms with Gasteiger partial charge in [0.1, 0.15) is 5.39 Å². The summed E-state index contributed by atoms with van der Waals surface area (Å²) in [6.07, 6.45) is 2.98. The minimum Gasteiger partial charge on any atom is -0.379 e. The van der Waals surface area contributed by atoms with E-state index in [1.807, 2.05) is 17.0 Å². The molecule has 6 heteroatoms. The van der Waals surface area contributed by atoms with E-state index in [1.54, 1.807) is 0 Å². The molecule has 28 heavy (non-hydrogen) atoms. The highest BCUT2D eigenvalue weighted by molar-refractivity contribution is 5.89. The molecular weight excluding hydrogens is 350 g/mol. The molecule has 0 radical (unpaired) electrons. The highest BCUT2D eigenvalue weighted by atomic mass is 16.5. The number of fused-ring (bicyclic) bond motifs is 1. The van der Waals surface area contributed by atoms with Gasteiger partial charge in [-0.3, -0.25) is 4.90 Å². The minimum atomic E-state index is 0.732. The van der Waals surface area contributed by atoms with Crippen LogP contribution in [0.15, 0.2) is 36.7 Å². The fraction of sp³-hybridized carbons (Fsp3) is 0.455. The third kappa shape index (κ3) is 3.75. The molecular formula is C22H30N5O+. The summed E-state index contributed by atoms with van der Waals surface area (Å²) in [6, 6.07) is 10.4. The molecule has 2 aromatic heterocycles. The summed E-state index contributed by atoms with van der Waals surface area (Å²) < 4.78 is 9.81. The second kappa shape index (κ2) is 8.29. The van der Waals surface area contributed by atoms with Gasteiger partial charge in [-0.25, -0.2) is 4.57 Å². The zero-order valence-electron chi connectivity index (χ0n) is 16.9. The monoisotopic (exact) mass is 380 g/mol. The number of nitrogens with zero attached hydrogens (tertiary/aromatic N) is 4. The third-order valence-corrected chi connectivity index (χ3v) is 5.84. The van der Waals surface area contributed by atoms with Crippen LogP contribution in [0.5, 0.6) is 0 Å². The summed E-state index contributed by atoms with van der Waals surface area (Å²) >= 11 is 0. The highest BCUT2D eigenvalue weighted by Crippen LogP contribution is 2.26. The van der Waals surface area contributed by atoms with Gasteiger partial charge in [-0.1, -0.05) is 35.3 Å². The summed E-state index contributed by atoms with van der Waals surface area (Å²) in [6.45, 7) is 10.9. The van der Waals surface area contributed by atoms with Crippen molar-refractivity contribution in [3.05, 3.63) is 53.5 Å². The Labute approximate surface area is 166 Å². The Bertz CT molecular complexity index is 945. The van der Waals surface area contributed by atoms with E-state index in [1.165, 1.54) is 16.8 Å². The zero-order chi connectivity index (χ0) is 19.5. The van der Waals surface area contributed by atoms with E-state index in [0.29, 0.717) is 0 Å². The van der Waals surface area contributed by atoms with Gasteiger partial charge in [0.2, 0.25) is 17.8 Å². The number of hydrogen-bond acceptors (Lipinski definition) is 4. The normalized spacial score (nSPS) is 15.4. The quantitative estimate of drug-likeness (QED) is 0.667. The lowest BCUT2D eigenvalue weighted by Gasteiger charge is -2.26. The maximum atomic E-state index is 6.58. The average molecular weight is 381 g/mol. The fourth-order valence-corrected chi connectivity index (χ4v) is 4.07. The van der Waals surface area contributed by atoms with Crippen LogP contribution in [0.3, 0.4) is 0 Å². The van der Waals surface area contributed by atoms with Crippen LogP contribution in [-0.4, -0.2) is 47.3 Å². The molecule has 0 unspecified atom stereocenters. The van der Waals surface area contributed by atoms with Gasteiger partial charge in [0.05, 0.1) is 19.8 Å². The number of aromatic nitrogens is 3. The molecule has 1 saturated heterocycles. The van der Waals surface area contributed by atoms with Crippen molar-refractivity contribution in [2.45, 2.75) is 33.4 Å². The number of nitrogens with two attached hydrogens (primary N) is 1. The van der Waals surface area contributed by atoms with Crippen molar-refractivity contribution < 1.29 is 9.30 Å². The molecule has 148 valence electrons. The first kappa shape index (κ1) is 18.9. The molecule has 6 nitrogen and oxygen atoms in total. The molecule has 1 fully saturated rings. The van der Waals surface area contributed by atoms with Gasteiger partial charge in [0.25, 0.3) is 0 Å². The second-order valence-electron chi connectivity index (χ2n) is 7.61. The van der Waals surface area contributed by atoms with Crippen LogP contribution < -0.4 is 10.3 Å². The molecule has 4 rings (SSSR count). The van der Waals surface area contributed by atoms with Crippen molar-refractivity contribution in [3.8, 4) is 0 Å². The van der Waals surface area contributed by atoms with Crippen LogP contribution in [-0.2, 0) is 17.8 Å². The Morgan fingerprint density at radius 2 is 1.86 bits per heavy atom. The lowest BCUT2D eigenvalue weighted by Crippen LogP contribution is -2.38. The van der Waals surface area contributed by atoms with Crippen LogP contribution in [0.25, 0.3) is 11.0 Å². The van der Waals surface area contributed by atoms with Crippen molar-refractivity contribution in [1.29, 1.82) is 0 Å². The van der Waals surface area contributed by atoms with Gasteiger partial charge in [-0.2, -0.15) is 0 Å². The summed E-state index contributed by atoms with van der Waals surface area (Å²) in [5, 5.41) is 1.09. The van der Waals surface area contributed by atoms with Crippen molar-refractivity contribution in [1.82, 2.24) is 14.5 Å². The van der Waals surface area contributed by atoms with Crippen LogP contribution in [0.2, 0.25) is 0 Å². The zero-order valence-corrected chi connectivity index (χ0v) is 16.9. The maximum absolute atomic E-state index is 6.58. The Kier molecular flexibility index (Phi) is 5.59. The predicted molar refractivity (Wildman–Crippen MR) is 111 cm³/mol. The van der Waals surface area contributed by atoms with E-state index in [2.05, 4.69) is 47.6 Å². The van der Waals surface area contributed by atoms with Crippen molar-refractivity contribution in [2.75, 3.05) is 38.6 Å². The van der Waals surface area contributed by atoms with E-state index < -0.39 is 0 Å². The topological polar surface area (TPSA) is 60.2 Å². The number of aryl methyl sites for hydroxylation is 2. The van der Waals surface area contributed by atoms with E-state index in [0.717, 1.165) is 69.2 Å². The Morgan fingerprint density at radius 1 is 1.11 bits per heavy atom. The first-order valence-corrected chi connectivity index (χ1v) is 10.1. The molecule has 0 spiro atoms. The molecule has 0 saturated carbocycles. The fourth-order valence-electron chi connectivity index (χ4n) is 4.07. The lowest BCUT2D eigenvalue weighted by molar-refractivity contribution is -0.675. The van der Waals surface area contributed by atoms with Gasteiger partial charge < -0.3 is 15.0 Å². The number of anilines is 1. The molecule has 0 amide bonds. The number of benzene rings is 1. The van der Waals surface area contributed by atoms with Gasteiger partial charge in [-0.15, -0.1) is 0 Å². The Balaban J connectivity index is 1.56. The number of hydrogen-bond donors (Lipinski definition) is 1. The van der Waals surface area contributed by atoms with E-state index in [9.17, 15) is 0 Å². The Hall–Kier alpha value is -2.44. The molecule has 2 N–H and O–H groups in total. The van der Waals surface area contributed by atoms with Crippen molar-refractivity contribution in [3.63, 3.8) is 0 Å². The third-order valence-electron chi connectivity index (χ3n) is 5.84. The van der Waals surface area contributed by atoms with E-state index >= 15 is 0 Å². The number of ether oxygens (including phenoxy) is 1. The SMILES string of the molecule is Cc1c(C)n(CCCN2CCOCC2)c2nc[n+](Cc3ccccc3)c(N)c12. The standard InChI is InChI=1S/C22H29N5O/c1-17-18(2)27(10-6-9-25-11-13-28-14-12-25)22-20(17)21(23)26(16-24-22)15-19-7-4-3-5-8-19/h3-5,7-8,16,23H,6,9-15H2,1-2H3/p+1. The van der Waals surface area contributed by atoms with Gasteiger partial charge >= 0.3 is 0 Å². The van der Waals surface area contributed by atoms with Gasteiger partial charge in [0.15, 0.2) is 0 Å². The molecule has 0 atom stereocenters. The molecule has 0 aliphatic carbocycles. The molecule has 1 aliphatic heterocycles. The van der Waals surface area contributed by atoms with Gasteiger partial charge in [-0.05, 0) is 31.4 Å². The lowest BCUT2D eigenvalue weighted by atomic mass is 10.2.